The first kappa shape index (κ1) is 17.9. The number of hydrogen-bond donors (Lipinski definition) is 1. The minimum Gasteiger partial charge on any atom is -0.383 e. The highest BCUT2D eigenvalue weighted by Crippen LogP contribution is 2.24. The minimum atomic E-state index is -0.488. The van der Waals surface area contributed by atoms with E-state index in [-0.39, 0.29) is 18.7 Å². The fourth-order valence-electron chi connectivity index (χ4n) is 3.02. The molecule has 0 saturated heterocycles. The van der Waals surface area contributed by atoms with E-state index < -0.39 is 5.69 Å². The normalized spacial score (nSPS) is 11.2. The van der Waals surface area contributed by atoms with Crippen molar-refractivity contribution in [1.29, 1.82) is 0 Å². The third kappa shape index (κ3) is 3.25. The molecule has 0 radical (unpaired) electrons. The number of aromatic amines is 1. The van der Waals surface area contributed by atoms with E-state index in [1.807, 2.05) is 31.2 Å². The average Bonchev–Trinajstić information content (AvgIpc) is 3.18. The molecule has 0 saturated carbocycles. The van der Waals surface area contributed by atoms with Crippen LogP contribution in [0.4, 0.5) is 0 Å². The van der Waals surface area contributed by atoms with Gasteiger partial charge in [-0.2, -0.15) is 4.98 Å². The topological polar surface area (TPSA) is 103 Å². The molecule has 2 aromatic carbocycles. The lowest BCUT2D eigenvalue weighted by Crippen LogP contribution is -2.36. The quantitative estimate of drug-likeness (QED) is 0.572. The Balaban J connectivity index is 1.75. The zero-order valence-electron chi connectivity index (χ0n) is 15.4. The van der Waals surface area contributed by atoms with Gasteiger partial charge in [-0.15, -0.1) is 0 Å². The van der Waals surface area contributed by atoms with Gasteiger partial charge in [0.25, 0.3) is 11.4 Å². The molecule has 2 heterocycles. The Bertz CT molecular complexity index is 1270. The molecule has 0 aliphatic rings. The summed E-state index contributed by atoms with van der Waals surface area (Å²) in [5.74, 6) is 0.782. The molecule has 0 amide bonds. The molecular formula is C20H18N4O4. The van der Waals surface area contributed by atoms with Crippen molar-refractivity contribution in [3.63, 3.8) is 0 Å². The third-order valence-electron chi connectivity index (χ3n) is 4.45. The lowest BCUT2D eigenvalue weighted by atomic mass is 10.1. The molecule has 0 aliphatic heterocycles. The van der Waals surface area contributed by atoms with Gasteiger partial charge in [0.2, 0.25) is 5.82 Å². The molecule has 0 bridgehead atoms. The van der Waals surface area contributed by atoms with Gasteiger partial charge < -0.3 is 14.2 Å². The van der Waals surface area contributed by atoms with Crippen LogP contribution in [0.25, 0.3) is 33.7 Å². The number of hydrogen-bond acceptors (Lipinski definition) is 6. The number of aromatic nitrogens is 4. The number of benzene rings is 2. The van der Waals surface area contributed by atoms with Gasteiger partial charge in [0, 0.05) is 18.2 Å². The van der Waals surface area contributed by atoms with E-state index in [0.29, 0.717) is 28.2 Å². The zero-order valence-corrected chi connectivity index (χ0v) is 15.4. The highest BCUT2D eigenvalue weighted by Gasteiger charge is 2.13. The summed E-state index contributed by atoms with van der Waals surface area (Å²) in [5.41, 5.74) is 2.12. The van der Waals surface area contributed by atoms with Crippen LogP contribution in [0, 0.1) is 6.92 Å². The van der Waals surface area contributed by atoms with Crippen LogP contribution in [-0.2, 0) is 11.3 Å². The highest BCUT2D eigenvalue weighted by molar-refractivity contribution is 5.82. The van der Waals surface area contributed by atoms with Crippen molar-refractivity contribution in [1.82, 2.24) is 19.7 Å². The Morgan fingerprint density at radius 2 is 2.00 bits per heavy atom. The second-order valence-corrected chi connectivity index (χ2v) is 6.43. The standard InChI is InChI=1S/C20H18N4O4/c1-12-4-3-5-13(10-12)17-22-18(28-23-17)14-6-7-15-16(11-14)21-20(26)24(19(15)25)8-9-27-2/h3-7,10-11H,8-9H2,1-2H3,(H,21,26). The SMILES string of the molecule is COCCn1c(=O)[nH]c2cc(-c3nc(-c4cccc(C)c4)no3)ccc2c1=O. The maximum absolute atomic E-state index is 12.6. The van der Waals surface area contributed by atoms with E-state index in [0.717, 1.165) is 15.7 Å². The predicted octanol–water partition coefficient (Wildman–Crippen LogP) is 2.36. The number of nitrogens with zero attached hydrogens (tertiary/aromatic N) is 3. The Labute approximate surface area is 159 Å². The zero-order chi connectivity index (χ0) is 19.7. The summed E-state index contributed by atoms with van der Waals surface area (Å²) < 4.78 is 11.4. The van der Waals surface area contributed by atoms with Crippen molar-refractivity contribution in [2.45, 2.75) is 13.5 Å². The molecule has 2 aromatic heterocycles. The fourth-order valence-corrected chi connectivity index (χ4v) is 3.02. The summed E-state index contributed by atoms with van der Waals surface area (Å²) in [4.78, 5) is 31.9. The molecule has 0 fully saturated rings. The number of aryl methyl sites for hydroxylation is 1. The highest BCUT2D eigenvalue weighted by atomic mass is 16.5. The van der Waals surface area contributed by atoms with Crippen molar-refractivity contribution in [2.75, 3.05) is 13.7 Å². The molecule has 4 aromatic rings. The van der Waals surface area contributed by atoms with Gasteiger partial charge >= 0.3 is 5.69 Å². The van der Waals surface area contributed by atoms with Crippen LogP contribution in [0.1, 0.15) is 5.56 Å². The first-order valence-electron chi connectivity index (χ1n) is 8.74. The molecule has 0 spiro atoms. The van der Waals surface area contributed by atoms with E-state index in [1.165, 1.54) is 7.11 Å². The second kappa shape index (κ2) is 7.24. The number of fused-ring (bicyclic) bond motifs is 1. The Hall–Kier alpha value is -3.52. The summed E-state index contributed by atoms with van der Waals surface area (Å²) >= 11 is 0. The van der Waals surface area contributed by atoms with E-state index in [1.54, 1.807) is 18.2 Å². The van der Waals surface area contributed by atoms with E-state index >= 15 is 0 Å². The van der Waals surface area contributed by atoms with Gasteiger partial charge in [0.05, 0.1) is 24.1 Å². The molecule has 28 heavy (non-hydrogen) atoms. The Kier molecular flexibility index (Phi) is 4.62. The molecule has 8 nitrogen and oxygen atoms in total. The molecule has 1 N–H and O–H groups in total. The van der Waals surface area contributed by atoms with Crippen molar-refractivity contribution in [3.05, 3.63) is 68.9 Å². The van der Waals surface area contributed by atoms with E-state index in [4.69, 9.17) is 9.26 Å². The van der Waals surface area contributed by atoms with Crippen LogP contribution in [0.15, 0.2) is 56.6 Å². The van der Waals surface area contributed by atoms with Crippen LogP contribution in [0.3, 0.4) is 0 Å². The van der Waals surface area contributed by atoms with Gasteiger partial charge in [-0.05, 0) is 31.2 Å². The predicted molar refractivity (Wildman–Crippen MR) is 104 cm³/mol. The van der Waals surface area contributed by atoms with Gasteiger partial charge in [0.15, 0.2) is 0 Å². The maximum atomic E-state index is 12.6. The van der Waals surface area contributed by atoms with Crippen LogP contribution >= 0.6 is 0 Å². The molecule has 0 atom stereocenters. The Morgan fingerprint density at radius 1 is 1.14 bits per heavy atom. The number of H-pyrrole nitrogens is 1. The van der Waals surface area contributed by atoms with Crippen LogP contribution in [0.5, 0.6) is 0 Å². The third-order valence-corrected chi connectivity index (χ3v) is 4.45. The summed E-state index contributed by atoms with van der Waals surface area (Å²) in [7, 11) is 1.52. The molecule has 8 heteroatoms. The molecule has 4 rings (SSSR count). The van der Waals surface area contributed by atoms with Crippen LogP contribution < -0.4 is 11.2 Å². The minimum absolute atomic E-state index is 0.186. The monoisotopic (exact) mass is 378 g/mol. The second-order valence-electron chi connectivity index (χ2n) is 6.43. The van der Waals surface area contributed by atoms with Crippen molar-refractivity contribution in [3.8, 4) is 22.8 Å². The van der Waals surface area contributed by atoms with Gasteiger partial charge in [-0.25, -0.2) is 4.79 Å². The summed E-state index contributed by atoms with van der Waals surface area (Å²) in [6, 6.07) is 12.8. The van der Waals surface area contributed by atoms with Crippen molar-refractivity contribution in [2.24, 2.45) is 0 Å². The molecule has 142 valence electrons. The smallest absolute Gasteiger partial charge is 0.328 e. The average molecular weight is 378 g/mol. The first-order valence-corrected chi connectivity index (χ1v) is 8.74. The largest absolute Gasteiger partial charge is 0.383 e. The summed E-state index contributed by atoms with van der Waals surface area (Å²) in [5, 5.41) is 4.43. The number of ether oxygens (including phenoxy) is 1. The molecular weight excluding hydrogens is 360 g/mol. The van der Waals surface area contributed by atoms with Crippen molar-refractivity contribution < 1.29 is 9.26 Å². The van der Waals surface area contributed by atoms with E-state index in [9.17, 15) is 9.59 Å². The first-order chi connectivity index (χ1) is 13.6. The number of nitrogens with one attached hydrogen (secondary N) is 1. The molecule has 0 aliphatic carbocycles. The fraction of sp³-hybridized carbons (Fsp3) is 0.200. The van der Waals surface area contributed by atoms with Gasteiger partial charge in [0.1, 0.15) is 0 Å². The summed E-state index contributed by atoms with van der Waals surface area (Å²) in [6.45, 7) is 2.45. The lowest BCUT2D eigenvalue weighted by molar-refractivity contribution is 0.185. The van der Waals surface area contributed by atoms with E-state index in [2.05, 4.69) is 15.1 Å². The van der Waals surface area contributed by atoms with Crippen LogP contribution in [0.2, 0.25) is 0 Å². The van der Waals surface area contributed by atoms with Gasteiger partial charge in [-0.1, -0.05) is 28.9 Å². The maximum Gasteiger partial charge on any atom is 0.328 e. The van der Waals surface area contributed by atoms with Crippen molar-refractivity contribution >= 4 is 10.9 Å². The lowest BCUT2D eigenvalue weighted by Gasteiger charge is -2.06. The molecule has 0 unspecified atom stereocenters. The summed E-state index contributed by atoms with van der Waals surface area (Å²) in [6.07, 6.45) is 0. The Morgan fingerprint density at radius 3 is 2.79 bits per heavy atom. The van der Waals surface area contributed by atoms with Crippen LogP contribution in [-0.4, -0.2) is 33.4 Å². The number of rotatable bonds is 5. The number of methoxy groups -OCH3 is 1. The van der Waals surface area contributed by atoms with Gasteiger partial charge in [-0.3, -0.25) is 9.36 Å².